The van der Waals surface area contributed by atoms with Crippen molar-refractivity contribution in [1.82, 2.24) is 23.9 Å². The number of rotatable bonds is 11. The van der Waals surface area contributed by atoms with Crippen LogP contribution >= 0.6 is 0 Å². The van der Waals surface area contributed by atoms with E-state index >= 15 is 0 Å². The third-order valence-electron chi connectivity index (χ3n) is 5.80. The number of aromatic nitrogens is 4. The van der Waals surface area contributed by atoms with Gasteiger partial charge >= 0.3 is 0 Å². The first-order chi connectivity index (χ1) is 16.8. The third kappa shape index (κ3) is 5.20. The van der Waals surface area contributed by atoms with E-state index in [4.69, 9.17) is 4.74 Å². The molecule has 3 aromatic rings. The summed E-state index contributed by atoms with van der Waals surface area (Å²) in [7, 11) is -1.44. The second-order valence-electron chi connectivity index (χ2n) is 8.33. The summed E-state index contributed by atoms with van der Waals surface area (Å²) in [6, 6.07) is 5.18. The molecule has 1 unspecified atom stereocenters. The number of ether oxygens (including phenoxy) is 1. The number of H-pyrrole nitrogens is 1. The van der Waals surface area contributed by atoms with Crippen LogP contribution in [0.25, 0.3) is 16.9 Å². The van der Waals surface area contributed by atoms with Gasteiger partial charge in [-0.3, -0.25) is 4.79 Å². The van der Waals surface area contributed by atoms with Gasteiger partial charge in [-0.05, 0) is 50.8 Å². The first-order valence-corrected chi connectivity index (χ1v) is 12.6. The summed E-state index contributed by atoms with van der Waals surface area (Å²) >= 11 is 0. The molecule has 1 atom stereocenters. The fourth-order valence-electron chi connectivity index (χ4n) is 4.11. The fraction of sp³-hybridized carbons (Fsp3) is 0.500. The van der Waals surface area contributed by atoms with Gasteiger partial charge in [-0.2, -0.15) is 0 Å². The van der Waals surface area contributed by atoms with Crippen molar-refractivity contribution in [1.29, 1.82) is 0 Å². The van der Waals surface area contributed by atoms with Gasteiger partial charge in [0.05, 0.1) is 29.4 Å². The smallest absolute Gasteiger partial charge is 0.294 e. The van der Waals surface area contributed by atoms with Crippen molar-refractivity contribution < 1.29 is 18.9 Å². The van der Waals surface area contributed by atoms with Crippen LogP contribution in [0.1, 0.15) is 38.2 Å². The molecule has 1 aliphatic rings. The lowest BCUT2D eigenvalue weighted by atomic mass is 10.0. The Morgan fingerprint density at radius 3 is 2.77 bits per heavy atom. The Labute approximate surface area is 204 Å². The average molecular weight is 505 g/mol. The summed E-state index contributed by atoms with van der Waals surface area (Å²) in [5.74, 6) is 1.71. The molecule has 12 nitrogen and oxygen atoms in total. The molecule has 0 aliphatic carbocycles. The van der Waals surface area contributed by atoms with Crippen LogP contribution in [0.4, 0.5) is 0 Å². The van der Waals surface area contributed by atoms with E-state index in [1.807, 2.05) is 13.8 Å². The lowest BCUT2D eigenvalue weighted by Gasteiger charge is -2.37. The van der Waals surface area contributed by atoms with Crippen molar-refractivity contribution >= 4 is 16.5 Å². The SMILES string of the molecule is CCCc1nc(C)c2c(=O)[nH]c(-c3cc(S(=O)N4CC(CCO[N+](=O)[O-])C4)ccc3OCC)nn12. The molecule has 1 saturated heterocycles. The minimum atomic E-state index is -1.44. The van der Waals surface area contributed by atoms with Crippen LogP contribution in [0.2, 0.25) is 0 Å². The number of nitrogens with one attached hydrogen (secondary N) is 1. The molecule has 0 amide bonds. The van der Waals surface area contributed by atoms with Crippen LogP contribution in [-0.2, 0) is 22.2 Å². The zero-order chi connectivity index (χ0) is 25.1. The summed E-state index contributed by atoms with van der Waals surface area (Å²) in [6.07, 6.45) is 2.06. The van der Waals surface area contributed by atoms with E-state index in [2.05, 4.69) is 19.9 Å². The van der Waals surface area contributed by atoms with Crippen LogP contribution in [-0.4, -0.2) is 59.5 Å². The number of benzene rings is 1. The number of aromatic amines is 1. The van der Waals surface area contributed by atoms with Crippen molar-refractivity contribution in [3.05, 3.63) is 50.2 Å². The topological polar surface area (TPSA) is 145 Å². The first-order valence-electron chi connectivity index (χ1n) is 11.5. The summed E-state index contributed by atoms with van der Waals surface area (Å²) < 4.78 is 22.3. The van der Waals surface area contributed by atoms with Gasteiger partial charge in [-0.1, -0.05) is 6.92 Å². The van der Waals surface area contributed by atoms with E-state index in [0.29, 0.717) is 71.6 Å². The maximum absolute atomic E-state index is 13.2. The normalized spacial score (nSPS) is 15.2. The molecule has 1 aliphatic heterocycles. The van der Waals surface area contributed by atoms with Crippen LogP contribution in [0, 0.1) is 23.0 Å². The molecule has 2 aromatic heterocycles. The summed E-state index contributed by atoms with van der Waals surface area (Å²) in [5, 5.41) is 14.2. The molecule has 0 saturated carbocycles. The van der Waals surface area contributed by atoms with Crippen molar-refractivity contribution in [2.24, 2.45) is 5.92 Å². The van der Waals surface area contributed by atoms with Crippen LogP contribution < -0.4 is 10.3 Å². The van der Waals surface area contributed by atoms with E-state index in [0.717, 1.165) is 6.42 Å². The van der Waals surface area contributed by atoms with E-state index in [1.165, 1.54) is 0 Å². The summed E-state index contributed by atoms with van der Waals surface area (Å²) in [4.78, 5) is 35.5. The summed E-state index contributed by atoms with van der Waals surface area (Å²) in [5.41, 5.74) is 1.24. The maximum atomic E-state index is 13.2. The van der Waals surface area contributed by atoms with Crippen molar-refractivity contribution in [3.8, 4) is 17.1 Å². The molecular formula is C22H28N6O6S. The van der Waals surface area contributed by atoms with Gasteiger partial charge in [0, 0.05) is 19.5 Å². The van der Waals surface area contributed by atoms with Gasteiger partial charge in [-0.25, -0.2) is 18.0 Å². The molecule has 0 radical (unpaired) electrons. The quantitative estimate of drug-likeness (QED) is 0.309. The molecule has 3 heterocycles. The van der Waals surface area contributed by atoms with E-state index in [9.17, 15) is 19.1 Å². The number of nitrogens with zero attached hydrogens (tertiary/aromatic N) is 5. The first kappa shape index (κ1) is 24.8. The number of hydrogen-bond acceptors (Lipinski definition) is 8. The highest BCUT2D eigenvalue weighted by molar-refractivity contribution is 7.82. The molecular weight excluding hydrogens is 476 g/mol. The number of fused-ring (bicyclic) bond motifs is 1. The highest BCUT2D eigenvalue weighted by Gasteiger charge is 2.32. The Balaban J connectivity index is 1.63. The fourth-order valence-corrected chi connectivity index (χ4v) is 5.50. The molecule has 0 bridgehead atoms. The van der Waals surface area contributed by atoms with Gasteiger partial charge in [0.15, 0.2) is 11.3 Å². The zero-order valence-corrected chi connectivity index (χ0v) is 20.7. The van der Waals surface area contributed by atoms with Crippen LogP contribution in [0.15, 0.2) is 27.9 Å². The molecule has 1 aromatic carbocycles. The zero-order valence-electron chi connectivity index (χ0n) is 19.9. The molecule has 1 fully saturated rings. The number of aryl methyl sites for hydroxylation is 2. The van der Waals surface area contributed by atoms with Crippen molar-refractivity contribution in [2.75, 3.05) is 26.3 Å². The van der Waals surface area contributed by atoms with Gasteiger partial charge in [-0.15, -0.1) is 15.2 Å². The standard InChI is InChI=1S/C22H28N6O6S/c1-4-6-19-23-14(3)20-22(29)24-21(25-27(19)20)17-11-16(7-8-18(17)33-5-2)35(32)26-12-15(13-26)9-10-34-28(30)31/h7-8,11,15H,4-6,9-10,12-13H2,1-3H3,(H,24,25,29). The summed E-state index contributed by atoms with van der Waals surface area (Å²) in [6.45, 7) is 7.21. The second-order valence-corrected chi connectivity index (χ2v) is 9.81. The van der Waals surface area contributed by atoms with Crippen molar-refractivity contribution in [2.45, 2.75) is 44.9 Å². The third-order valence-corrected chi connectivity index (χ3v) is 7.23. The van der Waals surface area contributed by atoms with Gasteiger partial charge in [0.25, 0.3) is 10.6 Å². The molecule has 1 N–H and O–H groups in total. The van der Waals surface area contributed by atoms with Gasteiger partial charge in [0.2, 0.25) is 0 Å². The molecule has 13 heteroatoms. The Hall–Kier alpha value is -3.32. The predicted octanol–water partition coefficient (Wildman–Crippen LogP) is 2.30. The minimum absolute atomic E-state index is 0.0284. The van der Waals surface area contributed by atoms with E-state index < -0.39 is 16.1 Å². The van der Waals surface area contributed by atoms with E-state index in [1.54, 1.807) is 33.9 Å². The predicted molar refractivity (Wildman–Crippen MR) is 128 cm³/mol. The molecule has 0 spiro atoms. The molecule has 188 valence electrons. The highest BCUT2D eigenvalue weighted by atomic mass is 32.2. The monoisotopic (exact) mass is 504 g/mol. The number of imidazole rings is 1. The van der Waals surface area contributed by atoms with Crippen LogP contribution in [0.3, 0.4) is 0 Å². The molecule has 35 heavy (non-hydrogen) atoms. The Bertz CT molecular complexity index is 1320. The average Bonchev–Trinajstić information content (AvgIpc) is 3.11. The Kier molecular flexibility index (Phi) is 7.45. The van der Waals surface area contributed by atoms with E-state index in [-0.39, 0.29) is 18.1 Å². The van der Waals surface area contributed by atoms with Gasteiger partial charge < -0.3 is 14.6 Å². The number of hydrogen-bond donors (Lipinski definition) is 1. The van der Waals surface area contributed by atoms with Crippen LogP contribution in [0.5, 0.6) is 5.75 Å². The Morgan fingerprint density at radius 1 is 1.31 bits per heavy atom. The lowest BCUT2D eigenvalue weighted by molar-refractivity contribution is -0.758. The molecule has 4 rings (SSSR count). The largest absolute Gasteiger partial charge is 0.493 e. The minimum Gasteiger partial charge on any atom is -0.493 e. The highest BCUT2D eigenvalue weighted by Crippen LogP contribution is 2.32. The van der Waals surface area contributed by atoms with Gasteiger partial charge in [0.1, 0.15) is 22.6 Å². The second kappa shape index (κ2) is 10.5. The Morgan fingerprint density at radius 2 is 2.09 bits per heavy atom. The maximum Gasteiger partial charge on any atom is 0.294 e. The lowest BCUT2D eigenvalue weighted by Crippen LogP contribution is -2.47. The van der Waals surface area contributed by atoms with Crippen molar-refractivity contribution in [3.63, 3.8) is 0 Å².